The highest BCUT2D eigenvalue weighted by atomic mass is 16.5. The molecule has 5 nitrogen and oxygen atoms in total. The second-order valence-corrected chi connectivity index (χ2v) is 7.19. The summed E-state index contributed by atoms with van der Waals surface area (Å²) in [5, 5.41) is 12.7. The number of amides is 1. The molecule has 0 saturated heterocycles. The zero-order chi connectivity index (χ0) is 20.0. The van der Waals surface area contributed by atoms with E-state index in [-0.39, 0.29) is 18.4 Å². The molecule has 2 rings (SSSR count). The fourth-order valence-corrected chi connectivity index (χ4v) is 3.11. The van der Waals surface area contributed by atoms with Gasteiger partial charge in [-0.05, 0) is 72.2 Å². The molecular formula is C22H30N2O3. The third-order valence-electron chi connectivity index (χ3n) is 4.60. The minimum absolute atomic E-state index is 0.0199. The van der Waals surface area contributed by atoms with E-state index in [1.165, 1.54) is 5.56 Å². The molecule has 0 radical (unpaired) electrons. The molecule has 0 aliphatic carbocycles. The van der Waals surface area contributed by atoms with Crippen molar-refractivity contribution < 1.29 is 14.6 Å². The van der Waals surface area contributed by atoms with E-state index in [1.54, 1.807) is 6.07 Å². The maximum atomic E-state index is 11.7. The summed E-state index contributed by atoms with van der Waals surface area (Å²) < 4.78 is 5.61. The van der Waals surface area contributed by atoms with Crippen LogP contribution in [0.3, 0.4) is 0 Å². The number of ether oxygens (including phenoxy) is 1. The summed E-state index contributed by atoms with van der Waals surface area (Å²) in [4.78, 5) is 11.7. The van der Waals surface area contributed by atoms with Crippen molar-refractivity contribution in [3.8, 4) is 11.5 Å². The van der Waals surface area contributed by atoms with Gasteiger partial charge in [-0.25, -0.2) is 0 Å². The second-order valence-electron chi connectivity index (χ2n) is 7.19. The van der Waals surface area contributed by atoms with Crippen LogP contribution in [0.25, 0.3) is 0 Å². The Hall–Kier alpha value is -2.53. The number of nitrogens with one attached hydrogen (secondary N) is 1. The molecule has 0 aromatic heterocycles. The number of aromatic hydroxyl groups is 1. The second kappa shape index (κ2) is 9.42. The normalized spacial score (nSPS) is 10.9. The average molecular weight is 370 g/mol. The Labute approximate surface area is 161 Å². The first kappa shape index (κ1) is 20.8. The summed E-state index contributed by atoms with van der Waals surface area (Å²) >= 11 is 0. The fraction of sp³-hybridized carbons (Fsp3) is 0.409. The first-order valence-corrected chi connectivity index (χ1v) is 9.33. The fourth-order valence-electron chi connectivity index (χ4n) is 3.11. The van der Waals surface area contributed by atoms with Crippen molar-refractivity contribution in [2.75, 3.05) is 19.7 Å². The number of hydrogen-bond acceptors (Lipinski definition) is 4. The molecule has 0 heterocycles. The maximum absolute atomic E-state index is 11.7. The van der Waals surface area contributed by atoms with Gasteiger partial charge in [-0.2, -0.15) is 0 Å². The van der Waals surface area contributed by atoms with Gasteiger partial charge in [0.1, 0.15) is 11.5 Å². The number of rotatable bonds is 8. The minimum Gasteiger partial charge on any atom is -0.508 e. The van der Waals surface area contributed by atoms with Crippen LogP contribution in [0.5, 0.6) is 11.5 Å². The number of nitrogens with two attached hydrogens (primary N) is 1. The van der Waals surface area contributed by atoms with E-state index < -0.39 is 0 Å². The standard InChI is InChI=1S/C22H30N2O3/c1-14(2)19-11-17(5-6-21(19)25)12-20-15(3)9-18(10-16(20)4)27-13-22(26)24-8-7-23/h5-6,9-11,14,25H,7-8,12-13,23H2,1-4H3,(H,24,26). The van der Waals surface area contributed by atoms with Gasteiger partial charge in [0.15, 0.2) is 6.61 Å². The van der Waals surface area contributed by atoms with Crippen molar-refractivity contribution in [1.29, 1.82) is 0 Å². The largest absolute Gasteiger partial charge is 0.508 e. The molecule has 2 aromatic carbocycles. The molecule has 0 aliphatic rings. The number of phenols is 1. The lowest BCUT2D eigenvalue weighted by molar-refractivity contribution is -0.123. The van der Waals surface area contributed by atoms with E-state index in [9.17, 15) is 9.90 Å². The van der Waals surface area contributed by atoms with Gasteiger partial charge in [0, 0.05) is 13.1 Å². The van der Waals surface area contributed by atoms with Crippen molar-refractivity contribution in [2.45, 2.75) is 40.0 Å². The van der Waals surface area contributed by atoms with E-state index in [4.69, 9.17) is 10.5 Å². The first-order chi connectivity index (χ1) is 12.8. The summed E-state index contributed by atoms with van der Waals surface area (Å²) in [5.41, 5.74) is 11.0. The van der Waals surface area contributed by atoms with Gasteiger partial charge in [0.2, 0.25) is 0 Å². The molecule has 0 fully saturated rings. The molecular weight excluding hydrogens is 340 g/mol. The number of phenolic OH excluding ortho intramolecular Hbond substituents is 1. The van der Waals surface area contributed by atoms with Crippen LogP contribution < -0.4 is 15.8 Å². The molecule has 0 unspecified atom stereocenters. The Balaban J connectivity index is 2.13. The van der Waals surface area contributed by atoms with Crippen molar-refractivity contribution in [2.24, 2.45) is 5.73 Å². The molecule has 146 valence electrons. The predicted octanol–water partition coefficient (Wildman–Crippen LogP) is 3.18. The lowest BCUT2D eigenvalue weighted by Gasteiger charge is -2.15. The molecule has 0 spiro atoms. The molecule has 5 heteroatoms. The lowest BCUT2D eigenvalue weighted by atomic mass is 9.93. The Bertz CT molecular complexity index is 777. The van der Waals surface area contributed by atoms with E-state index in [1.807, 2.05) is 32.0 Å². The molecule has 1 amide bonds. The van der Waals surface area contributed by atoms with Crippen molar-refractivity contribution in [1.82, 2.24) is 5.32 Å². The quantitative estimate of drug-likeness (QED) is 0.666. The van der Waals surface area contributed by atoms with E-state index in [0.717, 1.165) is 28.7 Å². The van der Waals surface area contributed by atoms with Crippen LogP contribution in [0, 0.1) is 13.8 Å². The molecule has 4 N–H and O–H groups in total. The Morgan fingerprint density at radius 3 is 2.44 bits per heavy atom. The molecule has 0 saturated carbocycles. The van der Waals surface area contributed by atoms with Gasteiger partial charge < -0.3 is 20.9 Å². The highest BCUT2D eigenvalue weighted by Crippen LogP contribution is 2.29. The summed E-state index contributed by atoms with van der Waals surface area (Å²) in [6.07, 6.45) is 0.787. The summed E-state index contributed by atoms with van der Waals surface area (Å²) in [5.74, 6) is 1.13. The zero-order valence-electron chi connectivity index (χ0n) is 16.6. The van der Waals surface area contributed by atoms with Gasteiger partial charge in [0.05, 0.1) is 0 Å². The monoisotopic (exact) mass is 370 g/mol. The maximum Gasteiger partial charge on any atom is 0.257 e. The van der Waals surface area contributed by atoms with Crippen molar-refractivity contribution in [3.63, 3.8) is 0 Å². The summed E-state index contributed by atoms with van der Waals surface area (Å²) in [6, 6.07) is 9.73. The highest BCUT2D eigenvalue weighted by Gasteiger charge is 2.11. The van der Waals surface area contributed by atoms with Gasteiger partial charge in [0.25, 0.3) is 5.91 Å². The van der Waals surface area contributed by atoms with Crippen LogP contribution in [0.1, 0.15) is 47.6 Å². The molecule has 0 atom stereocenters. The van der Waals surface area contributed by atoms with Gasteiger partial charge in [-0.1, -0.05) is 26.0 Å². The molecule has 2 aromatic rings. The van der Waals surface area contributed by atoms with Gasteiger partial charge in [-0.3, -0.25) is 4.79 Å². The molecule has 0 bridgehead atoms. The van der Waals surface area contributed by atoms with Crippen LogP contribution >= 0.6 is 0 Å². The van der Waals surface area contributed by atoms with Gasteiger partial charge >= 0.3 is 0 Å². The third kappa shape index (κ3) is 5.73. The molecule has 27 heavy (non-hydrogen) atoms. The van der Waals surface area contributed by atoms with Crippen LogP contribution in [0.15, 0.2) is 30.3 Å². The highest BCUT2D eigenvalue weighted by molar-refractivity contribution is 5.77. The van der Waals surface area contributed by atoms with Crippen LogP contribution in [-0.4, -0.2) is 30.7 Å². The van der Waals surface area contributed by atoms with E-state index in [2.05, 4.69) is 25.2 Å². The lowest BCUT2D eigenvalue weighted by Crippen LogP contribution is -2.32. The number of carbonyl (C=O) groups excluding carboxylic acids is 1. The minimum atomic E-state index is -0.176. The van der Waals surface area contributed by atoms with Crippen LogP contribution in [-0.2, 0) is 11.2 Å². The zero-order valence-corrected chi connectivity index (χ0v) is 16.6. The Morgan fingerprint density at radius 1 is 1.19 bits per heavy atom. The molecule has 0 aliphatic heterocycles. The van der Waals surface area contributed by atoms with Gasteiger partial charge in [-0.15, -0.1) is 0 Å². The first-order valence-electron chi connectivity index (χ1n) is 9.33. The van der Waals surface area contributed by atoms with Crippen molar-refractivity contribution >= 4 is 5.91 Å². The number of aryl methyl sites for hydroxylation is 2. The SMILES string of the molecule is Cc1cc(OCC(=O)NCCN)cc(C)c1Cc1ccc(O)c(C(C)C)c1. The topological polar surface area (TPSA) is 84.6 Å². The summed E-state index contributed by atoms with van der Waals surface area (Å²) in [6.45, 7) is 9.09. The van der Waals surface area contributed by atoms with Crippen molar-refractivity contribution in [3.05, 3.63) is 58.1 Å². The Kier molecular flexibility index (Phi) is 7.25. The van der Waals surface area contributed by atoms with Crippen LogP contribution in [0.4, 0.5) is 0 Å². The number of hydrogen-bond donors (Lipinski definition) is 3. The summed E-state index contributed by atoms with van der Waals surface area (Å²) in [7, 11) is 0. The van der Waals surface area contributed by atoms with E-state index in [0.29, 0.717) is 24.6 Å². The Morgan fingerprint density at radius 2 is 1.85 bits per heavy atom. The van der Waals surface area contributed by atoms with Crippen LogP contribution in [0.2, 0.25) is 0 Å². The number of carbonyl (C=O) groups is 1. The number of benzene rings is 2. The smallest absolute Gasteiger partial charge is 0.257 e. The third-order valence-corrected chi connectivity index (χ3v) is 4.60. The predicted molar refractivity (Wildman–Crippen MR) is 108 cm³/mol. The van der Waals surface area contributed by atoms with E-state index >= 15 is 0 Å². The average Bonchev–Trinajstić information content (AvgIpc) is 2.62.